The zero-order valence-electron chi connectivity index (χ0n) is 10.5. The molecular formula is C14H19N3. The second kappa shape index (κ2) is 5.53. The third-order valence-electron chi connectivity index (χ3n) is 2.88. The maximum absolute atomic E-state index is 4.33. The highest BCUT2D eigenvalue weighted by Gasteiger charge is 2.02. The molecule has 0 aliphatic carbocycles. The molecule has 0 aliphatic heterocycles. The molecule has 17 heavy (non-hydrogen) atoms. The molecule has 1 aromatic carbocycles. The molecule has 0 radical (unpaired) electrons. The molecule has 0 saturated carbocycles. The molecule has 2 aromatic rings. The number of benzene rings is 1. The van der Waals surface area contributed by atoms with Crippen LogP contribution in [0, 0.1) is 6.92 Å². The van der Waals surface area contributed by atoms with E-state index in [0.29, 0.717) is 0 Å². The molecule has 3 heteroatoms. The number of nitrogens with zero attached hydrogens (tertiary/aromatic N) is 2. The van der Waals surface area contributed by atoms with E-state index in [1.54, 1.807) is 0 Å². The highest BCUT2D eigenvalue weighted by molar-refractivity contribution is 5.32. The van der Waals surface area contributed by atoms with Crippen LogP contribution in [-0.2, 0) is 13.1 Å². The first kappa shape index (κ1) is 11.7. The fourth-order valence-corrected chi connectivity index (χ4v) is 1.88. The van der Waals surface area contributed by atoms with Crippen LogP contribution in [0.25, 0.3) is 0 Å². The Morgan fingerprint density at radius 1 is 1.29 bits per heavy atom. The quantitative estimate of drug-likeness (QED) is 0.853. The number of aryl methyl sites for hydroxylation is 2. The number of hydrogen-bond donors (Lipinski definition) is 1. The van der Waals surface area contributed by atoms with Gasteiger partial charge in [0.1, 0.15) is 0 Å². The summed E-state index contributed by atoms with van der Waals surface area (Å²) in [6.07, 6.45) is 4.98. The predicted octanol–water partition coefficient (Wildman–Crippen LogP) is 3.21. The maximum atomic E-state index is 4.33. The molecule has 0 unspecified atom stereocenters. The Labute approximate surface area is 103 Å². The fraction of sp³-hybridized carbons (Fsp3) is 0.357. The minimum absolute atomic E-state index is 0.827. The summed E-state index contributed by atoms with van der Waals surface area (Å²) in [5.41, 5.74) is 2.63. The molecule has 0 amide bonds. The van der Waals surface area contributed by atoms with Gasteiger partial charge >= 0.3 is 0 Å². The number of hydrogen-bond acceptors (Lipinski definition) is 2. The maximum Gasteiger partial charge on any atom is 0.203 e. The molecule has 0 saturated heterocycles. The first-order chi connectivity index (χ1) is 8.31. The van der Waals surface area contributed by atoms with Crippen molar-refractivity contribution in [2.75, 3.05) is 5.32 Å². The molecule has 90 valence electrons. The topological polar surface area (TPSA) is 29.9 Å². The molecule has 1 aromatic heterocycles. The van der Waals surface area contributed by atoms with Crippen LogP contribution in [0.4, 0.5) is 5.95 Å². The van der Waals surface area contributed by atoms with Gasteiger partial charge in [0.2, 0.25) is 5.95 Å². The van der Waals surface area contributed by atoms with Gasteiger partial charge < -0.3 is 9.88 Å². The van der Waals surface area contributed by atoms with E-state index in [1.807, 2.05) is 12.4 Å². The third kappa shape index (κ3) is 2.87. The molecule has 1 N–H and O–H groups in total. The van der Waals surface area contributed by atoms with Crippen molar-refractivity contribution < 1.29 is 0 Å². The van der Waals surface area contributed by atoms with Crippen LogP contribution in [0.5, 0.6) is 0 Å². The van der Waals surface area contributed by atoms with E-state index in [-0.39, 0.29) is 0 Å². The van der Waals surface area contributed by atoms with Crippen molar-refractivity contribution >= 4 is 5.95 Å². The van der Waals surface area contributed by atoms with Crippen LogP contribution in [-0.4, -0.2) is 9.55 Å². The number of aromatic nitrogens is 2. The van der Waals surface area contributed by atoms with Gasteiger partial charge in [0.25, 0.3) is 0 Å². The smallest absolute Gasteiger partial charge is 0.203 e. The van der Waals surface area contributed by atoms with Gasteiger partial charge in [0.05, 0.1) is 0 Å². The van der Waals surface area contributed by atoms with Gasteiger partial charge in [-0.1, -0.05) is 31.2 Å². The Kier molecular flexibility index (Phi) is 3.81. The van der Waals surface area contributed by atoms with E-state index in [1.165, 1.54) is 11.1 Å². The molecule has 2 rings (SSSR count). The van der Waals surface area contributed by atoms with Gasteiger partial charge in [-0.05, 0) is 24.5 Å². The standard InChI is InChI=1S/C14H19N3/c1-3-9-17-10-8-15-14(17)16-11-13-7-5-4-6-12(13)2/h4-8,10H,3,9,11H2,1-2H3,(H,15,16). The van der Waals surface area contributed by atoms with E-state index < -0.39 is 0 Å². The highest BCUT2D eigenvalue weighted by atomic mass is 15.2. The van der Waals surface area contributed by atoms with Gasteiger partial charge in [-0.25, -0.2) is 4.98 Å². The van der Waals surface area contributed by atoms with Gasteiger partial charge in [-0.3, -0.25) is 0 Å². The van der Waals surface area contributed by atoms with E-state index in [4.69, 9.17) is 0 Å². The number of rotatable bonds is 5. The van der Waals surface area contributed by atoms with E-state index in [9.17, 15) is 0 Å². The van der Waals surface area contributed by atoms with Gasteiger partial charge in [0.15, 0.2) is 0 Å². The molecule has 0 spiro atoms. The lowest BCUT2D eigenvalue weighted by atomic mass is 10.1. The minimum Gasteiger partial charge on any atom is -0.352 e. The Hall–Kier alpha value is -1.77. The van der Waals surface area contributed by atoms with Crippen molar-refractivity contribution in [3.63, 3.8) is 0 Å². The Morgan fingerprint density at radius 2 is 2.12 bits per heavy atom. The normalized spacial score (nSPS) is 10.5. The number of anilines is 1. The number of imidazole rings is 1. The monoisotopic (exact) mass is 229 g/mol. The zero-order valence-corrected chi connectivity index (χ0v) is 10.5. The third-order valence-corrected chi connectivity index (χ3v) is 2.88. The summed E-state index contributed by atoms with van der Waals surface area (Å²) in [7, 11) is 0. The molecule has 1 heterocycles. The lowest BCUT2D eigenvalue weighted by molar-refractivity contribution is 0.682. The van der Waals surface area contributed by atoms with Crippen molar-refractivity contribution in [1.29, 1.82) is 0 Å². The van der Waals surface area contributed by atoms with Gasteiger partial charge in [0, 0.05) is 25.5 Å². The van der Waals surface area contributed by atoms with Crippen molar-refractivity contribution in [3.8, 4) is 0 Å². The van der Waals surface area contributed by atoms with Crippen LogP contribution in [0.3, 0.4) is 0 Å². The van der Waals surface area contributed by atoms with Crippen LogP contribution >= 0.6 is 0 Å². The highest BCUT2D eigenvalue weighted by Crippen LogP contribution is 2.11. The summed E-state index contributed by atoms with van der Waals surface area (Å²) in [4.78, 5) is 4.33. The summed E-state index contributed by atoms with van der Waals surface area (Å²) in [6.45, 7) is 6.14. The molecule has 0 aliphatic rings. The summed E-state index contributed by atoms with van der Waals surface area (Å²) in [6, 6.07) is 8.42. The van der Waals surface area contributed by atoms with E-state index in [2.05, 4.69) is 53.0 Å². The van der Waals surface area contributed by atoms with E-state index >= 15 is 0 Å². The van der Waals surface area contributed by atoms with Crippen LogP contribution in [0.2, 0.25) is 0 Å². The zero-order chi connectivity index (χ0) is 12.1. The van der Waals surface area contributed by atoms with Gasteiger partial charge in [-0.15, -0.1) is 0 Å². The fourth-order valence-electron chi connectivity index (χ4n) is 1.88. The van der Waals surface area contributed by atoms with Crippen LogP contribution in [0.1, 0.15) is 24.5 Å². The summed E-state index contributed by atoms with van der Waals surface area (Å²) < 4.78 is 2.15. The Bertz CT molecular complexity index is 474. The first-order valence-corrected chi connectivity index (χ1v) is 6.10. The molecule has 3 nitrogen and oxygen atoms in total. The molecule has 0 atom stereocenters. The van der Waals surface area contributed by atoms with Crippen molar-refractivity contribution in [2.24, 2.45) is 0 Å². The Balaban J connectivity index is 2.02. The largest absolute Gasteiger partial charge is 0.352 e. The van der Waals surface area contributed by atoms with Crippen LogP contribution in [0.15, 0.2) is 36.7 Å². The van der Waals surface area contributed by atoms with Crippen molar-refractivity contribution in [3.05, 3.63) is 47.8 Å². The first-order valence-electron chi connectivity index (χ1n) is 6.10. The van der Waals surface area contributed by atoms with Crippen molar-refractivity contribution in [1.82, 2.24) is 9.55 Å². The van der Waals surface area contributed by atoms with Crippen LogP contribution < -0.4 is 5.32 Å². The predicted molar refractivity (Wildman–Crippen MR) is 71.0 cm³/mol. The van der Waals surface area contributed by atoms with E-state index in [0.717, 1.165) is 25.5 Å². The minimum atomic E-state index is 0.827. The lowest BCUT2D eigenvalue weighted by Crippen LogP contribution is -2.07. The van der Waals surface area contributed by atoms with Crippen molar-refractivity contribution in [2.45, 2.75) is 33.4 Å². The Morgan fingerprint density at radius 3 is 2.88 bits per heavy atom. The molecule has 0 bridgehead atoms. The molecular weight excluding hydrogens is 210 g/mol. The summed E-state index contributed by atoms with van der Waals surface area (Å²) >= 11 is 0. The second-order valence-electron chi connectivity index (χ2n) is 4.22. The second-order valence-corrected chi connectivity index (χ2v) is 4.22. The summed E-state index contributed by atoms with van der Waals surface area (Å²) in [5.74, 6) is 0.954. The SMILES string of the molecule is CCCn1ccnc1NCc1ccccc1C. The summed E-state index contributed by atoms with van der Waals surface area (Å²) in [5, 5.41) is 3.39. The average Bonchev–Trinajstić information content (AvgIpc) is 2.76. The number of nitrogens with one attached hydrogen (secondary N) is 1. The molecule has 0 fully saturated rings. The lowest BCUT2D eigenvalue weighted by Gasteiger charge is -2.10. The average molecular weight is 229 g/mol. The van der Waals surface area contributed by atoms with Gasteiger partial charge in [-0.2, -0.15) is 0 Å².